The van der Waals surface area contributed by atoms with Gasteiger partial charge in [-0.25, -0.2) is 0 Å². The number of nitrogens with one attached hydrogen (secondary N) is 1. The summed E-state index contributed by atoms with van der Waals surface area (Å²) in [5, 5.41) is 13.1. The highest BCUT2D eigenvalue weighted by atomic mass is 35.5. The Bertz CT molecular complexity index is 1270. The highest BCUT2D eigenvalue weighted by Crippen LogP contribution is 2.29. The highest BCUT2D eigenvalue weighted by Gasteiger charge is 2.18. The molecule has 3 aromatic carbocycles. The van der Waals surface area contributed by atoms with Crippen LogP contribution in [0.2, 0.25) is 5.02 Å². The van der Waals surface area contributed by atoms with Crippen molar-refractivity contribution in [2.24, 2.45) is 0 Å². The van der Waals surface area contributed by atoms with E-state index < -0.39 is 0 Å². The number of hydrogen-bond acceptors (Lipinski definition) is 4. The van der Waals surface area contributed by atoms with Gasteiger partial charge in [-0.1, -0.05) is 59.3 Å². The molecular formula is C25H23ClN4OS. The van der Waals surface area contributed by atoms with Crippen molar-refractivity contribution in [3.8, 4) is 17.1 Å². The molecule has 0 fully saturated rings. The third kappa shape index (κ3) is 4.87. The number of halogens is 1. The second kappa shape index (κ2) is 9.59. The fourth-order valence-electron chi connectivity index (χ4n) is 3.36. The molecule has 0 unspecified atom stereocenters. The van der Waals surface area contributed by atoms with Gasteiger partial charge < -0.3 is 5.32 Å². The molecule has 5 nitrogen and oxygen atoms in total. The van der Waals surface area contributed by atoms with Crippen LogP contribution in [0.15, 0.2) is 71.9 Å². The number of thioether (sulfide) groups is 1. The quantitative estimate of drug-likeness (QED) is 0.344. The summed E-state index contributed by atoms with van der Waals surface area (Å²) >= 11 is 7.44. The molecule has 0 atom stereocenters. The zero-order valence-corrected chi connectivity index (χ0v) is 19.7. The summed E-state index contributed by atoms with van der Waals surface area (Å²) in [6.45, 7) is 6.07. The first kappa shape index (κ1) is 22.1. The zero-order chi connectivity index (χ0) is 22.7. The first-order chi connectivity index (χ1) is 15.4. The second-order valence-electron chi connectivity index (χ2n) is 7.57. The minimum Gasteiger partial charge on any atom is -0.325 e. The second-order valence-corrected chi connectivity index (χ2v) is 8.95. The summed E-state index contributed by atoms with van der Waals surface area (Å²) in [5.74, 6) is 0.840. The Balaban J connectivity index is 1.61. The molecule has 0 radical (unpaired) electrons. The van der Waals surface area contributed by atoms with Gasteiger partial charge in [-0.2, -0.15) is 0 Å². The van der Waals surface area contributed by atoms with Gasteiger partial charge in [-0.05, 0) is 68.3 Å². The van der Waals surface area contributed by atoms with Crippen LogP contribution in [0.25, 0.3) is 17.1 Å². The van der Waals surface area contributed by atoms with Crippen LogP contribution in [-0.2, 0) is 4.79 Å². The van der Waals surface area contributed by atoms with Gasteiger partial charge in [0.1, 0.15) is 0 Å². The third-order valence-corrected chi connectivity index (χ3v) is 6.39. The van der Waals surface area contributed by atoms with Gasteiger partial charge in [0.25, 0.3) is 0 Å². The summed E-state index contributed by atoms with van der Waals surface area (Å²) in [6.07, 6.45) is 0. The van der Waals surface area contributed by atoms with E-state index in [2.05, 4.69) is 21.6 Å². The lowest BCUT2D eigenvalue weighted by molar-refractivity contribution is -0.113. The molecule has 0 aliphatic heterocycles. The number of aromatic nitrogens is 3. The van der Waals surface area contributed by atoms with Crippen LogP contribution in [0.1, 0.15) is 16.7 Å². The summed E-state index contributed by atoms with van der Waals surface area (Å²) in [6, 6.07) is 21.5. The maximum atomic E-state index is 12.7. The smallest absolute Gasteiger partial charge is 0.234 e. The molecule has 7 heteroatoms. The van der Waals surface area contributed by atoms with Gasteiger partial charge in [0.15, 0.2) is 11.0 Å². The lowest BCUT2D eigenvalue weighted by atomic mass is 10.1. The topological polar surface area (TPSA) is 59.8 Å². The van der Waals surface area contributed by atoms with E-state index in [0.717, 1.165) is 33.6 Å². The maximum absolute atomic E-state index is 12.7. The number of anilines is 1. The van der Waals surface area contributed by atoms with Crippen LogP contribution >= 0.6 is 23.4 Å². The lowest BCUT2D eigenvalue weighted by Crippen LogP contribution is -2.15. The number of rotatable bonds is 6. The first-order valence-corrected chi connectivity index (χ1v) is 11.6. The van der Waals surface area contributed by atoms with Gasteiger partial charge >= 0.3 is 0 Å². The first-order valence-electron chi connectivity index (χ1n) is 10.2. The third-order valence-electron chi connectivity index (χ3n) is 5.21. The minimum atomic E-state index is -0.0912. The van der Waals surface area contributed by atoms with Crippen molar-refractivity contribution in [1.82, 2.24) is 14.8 Å². The predicted octanol–water partition coefficient (Wildman–Crippen LogP) is 6.24. The molecule has 1 N–H and O–H groups in total. The van der Waals surface area contributed by atoms with Gasteiger partial charge in [0.05, 0.1) is 5.75 Å². The van der Waals surface area contributed by atoms with E-state index in [-0.39, 0.29) is 11.7 Å². The summed E-state index contributed by atoms with van der Waals surface area (Å²) in [7, 11) is 0. The number of nitrogens with zero attached hydrogens (tertiary/aromatic N) is 3. The van der Waals surface area contributed by atoms with Crippen molar-refractivity contribution in [1.29, 1.82) is 0 Å². The van der Waals surface area contributed by atoms with E-state index in [4.69, 9.17) is 11.6 Å². The summed E-state index contributed by atoms with van der Waals surface area (Å²) < 4.78 is 1.96. The van der Waals surface area contributed by atoms with Gasteiger partial charge in [0.2, 0.25) is 5.91 Å². The van der Waals surface area contributed by atoms with E-state index in [9.17, 15) is 4.79 Å². The predicted molar refractivity (Wildman–Crippen MR) is 132 cm³/mol. The molecule has 0 spiro atoms. The van der Waals surface area contributed by atoms with E-state index >= 15 is 0 Å². The Kier molecular flexibility index (Phi) is 6.63. The Hall–Kier alpha value is -3.09. The van der Waals surface area contributed by atoms with E-state index in [1.54, 1.807) is 0 Å². The molecular weight excluding hydrogens is 440 g/mol. The summed E-state index contributed by atoms with van der Waals surface area (Å²) in [5.41, 5.74) is 6.01. The molecule has 1 aromatic heterocycles. The zero-order valence-electron chi connectivity index (χ0n) is 18.1. The molecule has 4 aromatic rings. The van der Waals surface area contributed by atoms with Crippen LogP contribution in [0.3, 0.4) is 0 Å². The fourth-order valence-corrected chi connectivity index (χ4v) is 4.24. The average Bonchev–Trinajstić information content (AvgIpc) is 3.20. The minimum absolute atomic E-state index is 0.0912. The highest BCUT2D eigenvalue weighted by molar-refractivity contribution is 7.99. The van der Waals surface area contributed by atoms with Crippen LogP contribution < -0.4 is 5.32 Å². The number of carbonyl (C=O) groups excluding carboxylic acids is 1. The molecule has 1 amide bonds. The van der Waals surface area contributed by atoms with Crippen molar-refractivity contribution in [3.05, 3.63) is 88.4 Å². The Morgan fingerprint density at radius 1 is 1.00 bits per heavy atom. The van der Waals surface area contributed by atoms with Crippen LogP contribution in [-0.4, -0.2) is 26.4 Å². The molecule has 4 rings (SSSR count). The normalized spacial score (nSPS) is 10.9. The monoisotopic (exact) mass is 462 g/mol. The van der Waals surface area contributed by atoms with Crippen molar-refractivity contribution >= 4 is 35.0 Å². The van der Waals surface area contributed by atoms with Gasteiger partial charge in [0, 0.05) is 22.0 Å². The van der Waals surface area contributed by atoms with Crippen molar-refractivity contribution < 1.29 is 4.79 Å². The molecule has 1 heterocycles. The van der Waals surface area contributed by atoms with E-state index in [0.29, 0.717) is 16.0 Å². The van der Waals surface area contributed by atoms with E-state index in [1.807, 2.05) is 86.0 Å². The van der Waals surface area contributed by atoms with Gasteiger partial charge in [-0.3, -0.25) is 9.36 Å². The molecule has 32 heavy (non-hydrogen) atoms. The van der Waals surface area contributed by atoms with Crippen molar-refractivity contribution in [3.63, 3.8) is 0 Å². The standard InChI is InChI=1S/C25H23ClN4OS/c1-16-6-4-8-19(14-16)24-28-29-25(30(24)21-12-10-20(26)11-13-21)32-15-23(31)27-22-9-5-7-17(2)18(22)3/h4-14H,15H2,1-3H3,(H,27,31). The largest absolute Gasteiger partial charge is 0.325 e. The molecule has 0 saturated heterocycles. The maximum Gasteiger partial charge on any atom is 0.234 e. The SMILES string of the molecule is Cc1cccc(-c2nnc(SCC(=O)Nc3cccc(C)c3C)n2-c2ccc(Cl)cc2)c1. The Labute approximate surface area is 196 Å². The van der Waals surface area contributed by atoms with Crippen LogP contribution in [0.5, 0.6) is 0 Å². The van der Waals surface area contributed by atoms with Gasteiger partial charge in [-0.15, -0.1) is 10.2 Å². The number of amides is 1. The Morgan fingerprint density at radius 2 is 1.75 bits per heavy atom. The summed E-state index contributed by atoms with van der Waals surface area (Å²) in [4.78, 5) is 12.7. The number of carbonyl (C=O) groups is 1. The number of benzene rings is 3. The molecule has 0 aliphatic rings. The van der Waals surface area contributed by atoms with E-state index in [1.165, 1.54) is 11.8 Å². The van der Waals surface area contributed by atoms with Crippen LogP contribution in [0, 0.1) is 20.8 Å². The number of aryl methyl sites for hydroxylation is 2. The Morgan fingerprint density at radius 3 is 2.50 bits per heavy atom. The van der Waals surface area contributed by atoms with Crippen molar-refractivity contribution in [2.75, 3.05) is 11.1 Å². The number of hydrogen-bond donors (Lipinski definition) is 1. The van der Waals surface area contributed by atoms with Crippen molar-refractivity contribution in [2.45, 2.75) is 25.9 Å². The molecule has 0 bridgehead atoms. The molecule has 0 aliphatic carbocycles. The fraction of sp³-hybridized carbons (Fsp3) is 0.160. The average molecular weight is 463 g/mol. The lowest BCUT2D eigenvalue weighted by Gasteiger charge is -2.12. The van der Waals surface area contributed by atoms with Crippen LogP contribution in [0.4, 0.5) is 5.69 Å². The molecule has 0 saturated carbocycles. The molecule has 162 valence electrons.